The highest BCUT2D eigenvalue weighted by Crippen LogP contribution is 2.40. The van der Waals surface area contributed by atoms with Crippen molar-refractivity contribution in [2.45, 2.75) is 47.0 Å². The van der Waals surface area contributed by atoms with Crippen LogP contribution >= 0.6 is 11.3 Å². The molecule has 1 amide bonds. The number of likely N-dealkylation sites (N-methyl/N-ethyl adjacent to an activating group) is 1. The smallest absolute Gasteiger partial charge is 0.341 e. The summed E-state index contributed by atoms with van der Waals surface area (Å²) in [6.45, 7) is 10.4. The van der Waals surface area contributed by atoms with Gasteiger partial charge in [0.2, 0.25) is 5.91 Å². The Balaban J connectivity index is 2.24. The first-order valence-corrected chi connectivity index (χ1v) is 9.65. The molecule has 0 bridgehead atoms. The van der Waals surface area contributed by atoms with Crippen molar-refractivity contribution in [1.29, 1.82) is 0 Å². The summed E-state index contributed by atoms with van der Waals surface area (Å²) >= 11 is 1.54. The molecule has 134 valence electrons. The van der Waals surface area contributed by atoms with Gasteiger partial charge in [-0.25, -0.2) is 4.79 Å². The van der Waals surface area contributed by atoms with E-state index in [2.05, 4.69) is 17.1 Å². The van der Waals surface area contributed by atoms with E-state index in [0.717, 1.165) is 37.9 Å². The van der Waals surface area contributed by atoms with Crippen LogP contribution in [0.15, 0.2) is 0 Å². The summed E-state index contributed by atoms with van der Waals surface area (Å²) in [5.41, 5.74) is 1.66. The first-order valence-electron chi connectivity index (χ1n) is 8.83. The number of esters is 1. The molecule has 0 spiro atoms. The number of fused-ring (bicyclic) bond motifs is 1. The molecule has 1 heterocycles. The van der Waals surface area contributed by atoms with Crippen LogP contribution in [0.1, 0.15) is 54.9 Å². The fourth-order valence-corrected chi connectivity index (χ4v) is 4.49. The Morgan fingerprint density at radius 3 is 2.62 bits per heavy atom. The normalized spacial score (nSPS) is 16.8. The number of ether oxygens (including phenoxy) is 1. The van der Waals surface area contributed by atoms with Gasteiger partial charge < -0.3 is 10.1 Å². The van der Waals surface area contributed by atoms with E-state index in [1.54, 1.807) is 6.92 Å². The van der Waals surface area contributed by atoms with E-state index in [-0.39, 0.29) is 11.9 Å². The Kier molecular flexibility index (Phi) is 6.80. The number of amides is 1. The quantitative estimate of drug-likeness (QED) is 0.765. The van der Waals surface area contributed by atoms with Crippen molar-refractivity contribution in [3.05, 3.63) is 16.0 Å². The minimum atomic E-state index is -0.317. The van der Waals surface area contributed by atoms with Gasteiger partial charge in [-0.15, -0.1) is 11.3 Å². The van der Waals surface area contributed by atoms with Crippen molar-refractivity contribution >= 4 is 28.2 Å². The molecular formula is C18H28N2O3S. The van der Waals surface area contributed by atoms with Crippen LogP contribution in [0.5, 0.6) is 0 Å². The van der Waals surface area contributed by atoms with Crippen LogP contribution in [0.3, 0.4) is 0 Å². The molecule has 2 rings (SSSR count). The highest BCUT2D eigenvalue weighted by atomic mass is 32.1. The maximum Gasteiger partial charge on any atom is 0.341 e. The highest BCUT2D eigenvalue weighted by Gasteiger charge is 2.29. The molecule has 1 atom stereocenters. The van der Waals surface area contributed by atoms with Crippen LogP contribution in [0, 0.1) is 5.92 Å². The number of thiophene rings is 1. The fraction of sp³-hybridized carbons (Fsp3) is 0.667. The maximum atomic E-state index is 12.4. The summed E-state index contributed by atoms with van der Waals surface area (Å²) in [5, 5.41) is 3.62. The van der Waals surface area contributed by atoms with E-state index in [1.165, 1.54) is 16.2 Å². The molecule has 1 aliphatic rings. The Bertz CT molecular complexity index is 593. The highest BCUT2D eigenvalue weighted by molar-refractivity contribution is 7.17. The minimum Gasteiger partial charge on any atom is -0.462 e. The van der Waals surface area contributed by atoms with Crippen LogP contribution in [-0.4, -0.2) is 43.0 Å². The summed E-state index contributed by atoms with van der Waals surface area (Å²) < 4.78 is 5.23. The van der Waals surface area contributed by atoms with Crippen molar-refractivity contribution in [1.82, 2.24) is 4.90 Å². The molecule has 0 aromatic carbocycles. The van der Waals surface area contributed by atoms with Gasteiger partial charge in [0.25, 0.3) is 0 Å². The van der Waals surface area contributed by atoms with Gasteiger partial charge in [-0.2, -0.15) is 0 Å². The molecule has 5 nitrogen and oxygen atoms in total. The van der Waals surface area contributed by atoms with E-state index in [4.69, 9.17) is 4.74 Å². The topological polar surface area (TPSA) is 58.6 Å². The molecule has 1 N–H and O–H groups in total. The van der Waals surface area contributed by atoms with Gasteiger partial charge in [0.1, 0.15) is 5.00 Å². The van der Waals surface area contributed by atoms with Gasteiger partial charge >= 0.3 is 5.97 Å². The van der Waals surface area contributed by atoms with Crippen molar-refractivity contribution in [3.8, 4) is 0 Å². The maximum absolute atomic E-state index is 12.4. The monoisotopic (exact) mass is 352 g/mol. The first kappa shape index (κ1) is 18.9. The van der Waals surface area contributed by atoms with Gasteiger partial charge in [-0.3, -0.25) is 9.69 Å². The molecule has 0 aliphatic heterocycles. The van der Waals surface area contributed by atoms with E-state index in [1.807, 2.05) is 13.8 Å². The third-order valence-corrected chi connectivity index (χ3v) is 5.68. The minimum absolute atomic E-state index is 0.0732. The van der Waals surface area contributed by atoms with Crippen LogP contribution < -0.4 is 5.32 Å². The third kappa shape index (κ3) is 4.36. The number of carbonyl (C=O) groups is 2. The second-order valence-electron chi connectivity index (χ2n) is 6.29. The summed E-state index contributed by atoms with van der Waals surface area (Å²) in [6.07, 6.45) is 2.92. The van der Waals surface area contributed by atoms with Crippen LogP contribution in [-0.2, 0) is 22.4 Å². The fourth-order valence-electron chi connectivity index (χ4n) is 3.07. The number of carbonyl (C=O) groups excluding carboxylic acids is 2. The first-order chi connectivity index (χ1) is 11.5. The van der Waals surface area contributed by atoms with Gasteiger partial charge in [0.05, 0.1) is 18.7 Å². The number of anilines is 1. The molecule has 24 heavy (non-hydrogen) atoms. The van der Waals surface area contributed by atoms with Crippen molar-refractivity contribution in [2.24, 2.45) is 5.92 Å². The molecule has 1 aromatic heterocycles. The molecular weight excluding hydrogens is 324 g/mol. The van der Waals surface area contributed by atoms with Crippen LogP contribution in [0.4, 0.5) is 5.00 Å². The predicted octanol–water partition coefficient (Wildman–Crippen LogP) is 3.33. The van der Waals surface area contributed by atoms with E-state index >= 15 is 0 Å². The lowest BCUT2D eigenvalue weighted by molar-refractivity contribution is -0.117. The predicted molar refractivity (Wildman–Crippen MR) is 97.9 cm³/mol. The molecule has 0 fully saturated rings. The Morgan fingerprint density at radius 1 is 1.29 bits per heavy atom. The zero-order valence-electron chi connectivity index (χ0n) is 15.1. The number of nitrogens with one attached hydrogen (secondary N) is 1. The lowest BCUT2D eigenvalue weighted by Gasteiger charge is -2.18. The molecule has 1 aromatic rings. The summed E-state index contributed by atoms with van der Waals surface area (Å²) in [6, 6.07) is 0. The van der Waals surface area contributed by atoms with Crippen LogP contribution in [0.25, 0.3) is 0 Å². The van der Waals surface area contributed by atoms with E-state index in [0.29, 0.717) is 29.6 Å². The lowest BCUT2D eigenvalue weighted by atomic mass is 9.88. The Labute approximate surface area is 148 Å². The molecule has 0 saturated carbocycles. The second kappa shape index (κ2) is 8.62. The number of rotatable bonds is 7. The van der Waals surface area contributed by atoms with Crippen LogP contribution in [0.2, 0.25) is 0 Å². The average Bonchev–Trinajstić information content (AvgIpc) is 2.89. The van der Waals surface area contributed by atoms with Gasteiger partial charge in [-0.05, 0) is 50.8 Å². The zero-order chi connectivity index (χ0) is 17.7. The molecule has 0 radical (unpaired) electrons. The largest absolute Gasteiger partial charge is 0.462 e. The molecule has 0 saturated heterocycles. The lowest BCUT2D eigenvalue weighted by Crippen LogP contribution is -2.33. The summed E-state index contributed by atoms with van der Waals surface area (Å²) in [4.78, 5) is 28.0. The van der Waals surface area contributed by atoms with Gasteiger partial charge in [0, 0.05) is 4.88 Å². The summed E-state index contributed by atoms with van der Waals surface area (Å²) in [5.74, 6) is 0.226. The zero-order valence-corrected chi connectivity index (χ0v) is 15.9. The third-order valence-electron chi connectivity index (χ3n) is 4.51. The standard InChI is InChI=1S/C18H28N2O3S/c1-5-20(6-2)11-15(21)19-17-16(18(22)23-7-3)13-9-8-12(4)10-14(13)24-17/h12H,5-11H2,1-4H3,(H,19,21). The van der Waals surface area contributed by atoms with Gasteiger partial charge in [0.15, 0.2) is 0 Å². The number of nitrogens with zero attached hydrogens (tertiary/aromatic N) is 1. The van der Waals surface area contributed by atoms with E-state index in [9.17, 15) is 9.59 Å². The Hall–Kier alpha value is -1.40. The van der Waals surface area contributed by atoms with Crippen molar-refractivity contribution in [2.75, 3.05) is 31.6 Å². The SMILES string of the molecule is CCOC(=O)c1c(NC(=O)CN(CC)CC)sc2c1CCC(C)C2. The van der Waals surface area contributed by atoms with Crippen molar-refractivity contribution < 1.29 is 14.3 Å². The molecule has 6 heteroatoms. The number of hydrogen-bond donors (Lipinski definition) is 1. The van der Waals surface area contributed by atoms with Crippen molar-refractivity contribution in [3.63, 3.8) is 0 Å². The van der Waals surface area contributed by atoms with E-state index < -0.39 is 0 Å². The molecule has 1 unspecified atom stereocenters. The number of hydrogen-bond acceptors (Lipinski definition) is 5. The summed E-state index contributed by atoms with van der Waals surface area (Å²) in [7, 11) is 0. The Morgan fingerprint density at radius 2 is 2.00 bits per heavy atom. The second-order valence-corrected chi connectivity index (χ2v) is 7.39. The molecule has 1 aliphatic carbocycles. The van der Waals surface area contributed by atoms with Gasteiger partial charge in [-0.1, -0.05) is 20.8 Å². The average molecular weight is 353 g/mol.